The molecule has 1 atom stereocenters. The summed E-state index contributed by atoms with van der Waals surface area (Å²) >= 11 is 0. The van der Waals surface area contributed by atoms with Crippen LogP contribution in [0.4, 0.5) is 0 Å². The van der Waals surface area contributed by atoms with Crippen molar-refractivity contribution in [3.05, 3.63) is 29.6 Å². The van der Waals surface area contributed by atoms with Crippen molar-refractivity contribution >= 4 is 10.2 Å². The quantitative estimate of drug-likeness (QED) is 0.851. The van der Waals surface area contributed by atoms with Crippen molar-refractivity contribution in [2.24, 2.45) is 5.92 Å². The fraction of sp³-hybridized carbons (Fsp3) is 0.688. The highest BCUT2D eigenvalue weighted by Crippen LogP contribution is 2.25. The van der Waals surface area contributed by atoms with Gasteiger partial charge in [-0.3, -0.25) is 4.98 Å². The molecule has 1 aromatic heterocycles. The van der Waals surface area contributed by atoms with E-state index in [0.29, 0.717) is 32.1 Å². The van der Waals surface area contributed by atoms with Gasteiger partial charge in [0.15, 0.2) is 0 Å². The molecule has 0 N–H and O–H groups in total. The van der Waals surface area contributed by atoms with Gasteiger partial charge in [-0.15, -0.1) is 0 Å². The van der Waals surface area contributed by atoms with E-state index in [9.17, 15) is 8.42 Å². The van der Waals surface area contributed by atoms with Crippen LogP contribution in [-0.2, 0) is 16.6 Å². The lowest BCUT2D eigenvalue weighted by Crippen LogP contribution is -2.47. The third-order valence-corrected chi connectivity index (χ3v) is 6.65. The number of pyridine rings is 1. The van der Waals surface area contributed by atoms with Gasteiger partial charge in [0.05, 0.1) is 0 Å². The van der Waals surface area contributed by atoms with Gasteiger partial charge in [-0.2, -0.15) is 17.0 Å². The van der Waals surface area contributed by atoms with Crippen molar-refractivity contribution in [2.75, 3.05) is 26.2 Å². The summed E-state index contributed by atoms with van der Waals surface area (Å²) in [5, 5.41) is 0. The second kappa shape index (κ2) is 6.64. The highest BCUT2D eigenvalue weighted by Gasteiger charge is 2.34. The zero-order valence-electron chi connectivity index (χ0n) is 13.2. The Morgan fingerprint density at radius 3 is 2.59 bits per heavy atom. The van der Waals surface area contributed by atoms with E-state index in [-0.39, 0.29) is 0 Å². The van der Waals surface area contributed by atoms with Crippen molar-refractivity contribution in [3.8, 4) is 0 Å². The van der Waals surface area contributed by atoms with Gasteiger partial charge in [-0.25, -0.2) is 0 Å². The Labute approximate surface area is 133 Å². The smallest absolute Gasteiger partial charge is 0.258 e. The minimum atomic E-state index is -3.25. The van der Waals surface area contributed by atoms with Crippen LogP contribution in [-0.4, -0.2) is 48.2 Å². The number of nitrogens with zero attached hydrogens (tertiary/aromatic N) is 3. The summed E-state index contributed by atoms with van der Waals surface area (Å²) in [4.78, 5) is 4.55. The molecule has 0 amide bonds. The highest BCUT2D eigenvalue weighted by molar-refractivity contribution is 7.86. The topological polar surface area (TPSA) is 53.5 Å². The third kappa shape index (κ3) is 3.50. The largest absolute Gasteiger partial charge is 0.281 e. The average Bonchev–Trinajstić information content (AvgIpc) is 3.02. The highest BCUT2D eigenvalue weighted by atomic mass is 32.2. The minimum absolute atomic E-state index is 0.375. The summed E-state index contributed by atoms with van der Waals surface area (Å²) in [7, 11) is -3.25. The first kappa shape index (κ1) is 15.9. The monoisotopic (exact) mass is 323 g/mol. The van der Waals surface area contributed by atoms with Gasteiger partial charge in [0, 0.05) is 37.6 Å². The first-order valence-electron chi connectivity index (χ1n) is 8.23. The van der Waals surface area contributed by atoms with Crippen molar-refractivity contribution in [3.63, 3.8) is 0 Å². The van der Waals surface area contributed by atoms with Crippen LogP contribution in [0.2, 0.25) is 0 Å². The van der Waals surface area contributed by atoms with E-state index in [0.717, 1.165) is 43.5 Å². The van der Waals surface area contributed by atoms with Crippen LogP contribution in [0.3, 0.4) is 0 Å². The summed E-state index contributed by atoms with van der Waals surface area (Å²) in [6, 6.07) is 6.06. The molecule has 2 aliphatic heterocycles. The molecule has 3 rings (SSSR count). The van der Waals surface area contributed by atoms with Crippen LogP contribution >= 0.6 is 0 Å². The van der Waals surface area contributed by atoms with E-state index in [1.807, 2.05) is 25.1 Å². The first-order chi connectivity index (χ1) is 10.6. The summed E-state index contributed by atoms with van der Waals surface area (Å²) in [5.41, 5.74) is 2.10. The molecule has 1 unspecified atom stereocenters. The fourth-order valence-electron chi connectivity index (χ4n) is 3.49. The zero-order chi connectivity index (χ0) is 15.6. The van der Waals surface area contributed by atoms with Gasteiger partial charge in [-0.1, -0.05) is 6.07 Å². The maximum atomic E-state index is 12.7. The molecule has 0 aliphatic carbocycles. The Morgan fingerprint density at radius 1 is 1.14 bits per heavy atom. The molecule has 0 bridgehead atoms. The molecule has 0 radical (unpaired) electrons. The molecule has 1 aromatic rings. The van der Waals surface area contributed by atoms with Gasteiger partial charge < -0.3 is 0 Å². The van der Waals surface area contributed by atoms with Gasteiger partial charge >= 0.3 is 0 Å². The Hall–Kier alpha value is -0.980. The number of hydrogen-bond donors (Lipinski definition) is 0. The van der Waals surface area contributed by atoms with Crippen molar-refractivity contribution in [1.29, 1.82) is 0 Å². The lowest BCUT2D eigenvalue weighted by molar-refractivity contribution is 0.249. The molecule has 2 saturated heterocycles. The SMILES string of the molecule is Cc1cccc(CC2CCCN(S(=O)(=O)N3CCCC3)C2)n1. The van der Waals surface area contributed by atoms with Gasteiger partial charge in [-0.05, 0) is 57.1 Å². The Kier molecular flexibility index (Phi) is 4.80. The van der Waals surface area contributed by atoms with E-state index < -0.39 is 10.2 Å². The van der Waals surface area contributed by atoms with E-state index in [2.05, 4.69) is 4.98 Å². The first-order valence-corrected chi connectivity index (χ1v) is 9.63. The van der Waals surface area contributed by atoms with E-state index >= 15 is 0 Å². The second-order valence-corrected chi connectivity index (χ2v) is 8.38. The lowest BCUT2D eigenvalue weighted by Gasteiger charge is -2.34. The molecule has 0 saturated carbocycles. The molecule has 122 valence electrons. The van der Waals surface area contributed by atoms with E-state index in [4.69, 9.17) is 0 Å². The number of rotatable bonds is 4. The fourth-order valence-corrected chi connectivity index (χ4v) is 5.30. The Morgan fingerprint density at radius 2 is 1.86 bits per heavy atom. The number of hydrogen-bond acceptors (Lipinski definition) is 3. The molecule has 0 spiro atoms. The molecule has 5 nitrogen and oxygen atoms in total. The molecule has 22 heavy (non-hydrogen) atoms. The predicted octanol–water partition coefficient (Wildman–Crippen LogP) is 1.99. The van der Waals surface area contributed by atoms with Gasteiger partial charge in [0.2, 0.25) is 0 Å². The van der Waals surface area contributed by atoms with Crippen molar-refractivity contribution in [1.82, 2.24) is 13.6 Å². The normalized spacial score (nSPS) is 24.7. The zero-order valence-corrected chi connectivity index (χ0v) is 14.1. The minimum Gasteiger partial charge on any atom is -0.258 e. The maximum absolute atomic E-state index is 12.7. The molecule has 2 aliphatic rings. The molecule has 0 aromatic carbocycles. The summed E-state index contributed by atoms with van der Waals surface area (Å²) in [6.07, 6.45) is 4.88. The van der Waals surface area contributed by atoms with Crippen LogP contribution < -0.4 is 0 Å². The molecular formula is C16H25N3O2S. The maximum Gasteiger partial charge on any atom is 0.281 e. The number of aromatic nitrogens is 1. The van der Waals surface area contributed by atoms with Crippen LogP contribution in [0.25, 0.3) is 0 Å². The van der Waals surface area contributed by atoms with Crippen LogP contribution in [0.1, 0.15) is 37.1 Å². The average molecular weight is 323 g/mol. The van der Waals surface area contributed by atoms with Crippen LogP contribution in [0.5, 0.6) is 0 Å². The number of piperidine rings is 1. The lowest BCUT2D eigenvalue weighted by atomic mass is 9.94. The molecule has 6 heteroatoms. The third-order valence-electron chi connectivity index (χ3n) is 4.64. The number of aryl methyl sites for hydroxylation is 1. The Bertz CT molecular complexity index is 612. The van der Waals surface area contributed by atoms with Gasteiger partial charge in [0.1, 0.15) is 0 Å². The summed E-state index contributed by atoms with van der Waals surface area (Å²) in [6.45, 7) is 4.66. The molecular weight excluding hydrogens is 298 g/mol. The second-order valence-electron chi connectivity index (χ2n) is 6.45. The van der Waals surface area contributed by atoms with Crippen molar-refractivity contribution in [2.45, 2.75) is 39.0 Å². The van der Waals surface area contributed by atoms with Gasteiger partial charge in [0.25, 0.3) is 10.2 Å². The van der Waals surface area contributed by atoms with Crippen LogP contribution in [0, 0.1) is 12.8 Å². The summed E-state index contributed by atoms with van der Waals surface area (Å²) in [5.74, 6) is 0.375. The Balaban J connectivity index is 1.66. The molecule has 3 heterocycles. The van der Waals surface area contributed by atoms with E-state index in [1.165, 1.54) is 0 Å². The summed E-state index contributed by atoms with van der Waals surface area (Å²) < 4.78 is 28.7. The predicted molar refractivity (Wildman–Crippen MR) is 86.7 cm³/mol. The van der Waals surface area contributed by atoms with Crippen LogP contribution in [0.15, 0.2) is 18.2 Å². The van der Waals surface area contributed by atoms with E-state index in [1.54, 1.807) is 8.61 Å². The standard InChI is InChI=1S/C16H25N3O2S/c1-14-6-4-8-16(17-14)12-15-7-5-11-19(13-15)22(20,21)18-9-2-3-10-18/h4,6,8,15H,2-3,5,7,9-13H2,1H3. The van der Waals surface area contributed by atoms with Crippen molar-refractivity contribution < 1.29 is 8.42 Å². The molecule has 2 fully saturated rings.